The van der Waals surface area contributed by atoms with Crippen molar-refractivity contribution in [3.8, 4) is 11.5 Å². The van der Waals surface area contributed by atoms with Gasteiger partial charge in [-0.2, -0.15) is 0 Å². The molecule has 1 atom stereocenters. The lowest BCUT2D eigenvalue weighted by atomic mass is 9.97. The third-order valence-corrected chi connectivity index (χ3v) is 4.52. The molecule has 2 heterocycles. The van der Waals surface area contributed by atoms with E-state index in [4.69, 9.17) is 9.47 Å². The van der Waals surface area contributed by atoms with Crippen LogP contribution in [0.25, 0.3) is 0 Å². The molecule has 0 spiro atoms. The highest BCUT2D eigenvalue weighted by Gasteiger charge is 2.20. The number of hydrogen-bond donors (Lipinski definition) is 1. The minimum atomic E-state index is 0.583. The predicted molar refractivity (Wildman–Crippen MR) is 73.7 cm³/mol. The molecule has 1 saturated heterocycles. The molecule has 3 nitrogen and oxygen atoms in total. The second kappa shape index (κ2) is 5.41. The number of rotatable bonds is 3. The molecule has 0 aromatic heterocycles. The van der Waals surface area contributed by atoms with Crippen molar-refractivity contribution < 1.29 is 9.47 Å². The van der Waals surface area contributed by atoms with Crippen molar-refractivity contribution in [3.63, 3.8) is 0 Å². The molecule has 98 valence electrons. The number of piperidine rings is 1. The highest BCUT2D eigenvalue weighted by atomic mass is 32.2. The van der Waals surface area contributed by atoms with Gasteiger partial charge in [-0.15, -0.1) is 0 Å². The predicted octanol–water partition coefficient (Wildman–Crippen LogP) is 2.82. The van der Waals surface area contributed by atoms with Crippen molar-refractivity contribution in [2.75, 3.05) is 19.6 Å². The molecule has 1 N–H and O–H groups in total. The van der Waals surface area contributed by atoms with E-state index in [2.05, 4.69) is 17.4 Å². The van der Waals surface area contributed by atoms with Crippen molar-refractivity contribution in [2.24, 2.45) is 0 Å². The number of benzene rings is 1. The van der Waals surface area contributed by atoms with Crippen LogP contribution in [0.2, 0.25) is 0 Å². The summed E-state index contributed by atoms with van der Waals surface area (Å²) in [7, 11) is 1.75. The van der Waals surface area contributed by atoms with Crippen LogP contribution in [0.1, 0.15) is 24.8 Å². The number of thioether (sulfide) groups is 1. The van der Waals surface area contributed by atoms with Crippen LogP contribution in [-0.2, 0) is 6.42 Å². The summed E-state index contributed by atoms with van der Waals surface area (Å²) in [5, 5.41) is 3.59. The van der Waals surface area contributed by atoms with Gasteiger partial charge in [0.15, 0.2) is 0 Å². The van der Waals surface area contributed by atoms with E-state index in [9.17, 15) is 0 Å². The van der Waals surface area contributed by atoms with Gasteiger partial charge in [0.2, 0.25) is 0 Å². The standard InChI is InChI=1S/C14H19NO2S/c1-16-12-8-14-13(17-9-18-14)7-10(12)6-11-4-2-3-5-15-11/h7-8,11,15H,2-6,9H2,1H3. The van der Waals surface area contributed by atoms with E-state index in [0.29, 0.717) is 6.04 Å². The van der Waals surface area contributed by atoms with E-state index in [1.807, 2.05) is 0 Å². The second-order valence-corrected chi connectivity index (χ2v) is 5.83. The van der Waals surface area contributed by atoms with E-state index in [1.165, 1.54) is 29.7 Å². The highest BCUT2D eigenvalue weighted by molar-refractivity contribution is 7.99. The third-order valence-electron chi connectivity index (χ3n) is 3.65. The van der Waals surface area contributed by atoms with Gasteiger partial charge in [0, 0.05) is 6.04 Å². The molecule has 1 aromatic carbocycles. The lowest BCUT2D eigenvalue weighted by Crippen LogP contribution is -2.35. The fraction of sp³-hybridized carbons (Fsp3) is 0.571. The maximum absolute atomic E-state index is 5.61. The number of fused-ring (bicyclic) bond motifs is 1. The van der Waals surface area contributed by atoms with E-state index < -0.39 is 0 Å². The van der Waals surface area contributed by atoms with Crippen LogP contribution < -0.4 is 14.8 Å². The third kappa shape index (κ3) is 2.45. The lowest BCUT2D eigenvalue weighted by Gasteiger charge is -2.24. The van der Waals surface area contributed by atoms with E-state index in [-0.39, 0.29) is 0 Å². The smallest absolute Gasteiger partial charge is 0.138 e. The van der Waals surface area contributed by atoms with Gasteiger partial charge in [0.05, 0.1) is 12.0 Å². The Hall–Kier alpha value is -0.870. The van der Waals surface area contributed by atoms with Gasteiger partial charge >= 0.3 is 0 Å². The quantitative estimate of drug-likeness (QED) is 0.910. The van der Waals surface area contributed by atoms with Gasteiger partial charge in [-0.05, 0) is 43.5 Å². The van der Waals surface area contributed by atoms with Gasteiger partial charge < -0.3 is 14.8 Å². The molecule has 1 aromatic rings. The van der Waals surface area contributed by atoms with Gasteiger partial charge in [0.1, 0.15) is 17.4 Å². The minimum absolute atomic E-state index is 0.583. The molecule has 2 aliphatic rings. The summed E-state index contributed by atoms with van der Waals surface area (Å²) in [6, 6.07) is 4.86. The van der Waals surface area contributed by atoms with Gasteiger partial charge in [-0.3, -0.25) is 0 Å². The molecule has 0 saturated carbocycles. The maximum atomic E-state index is 5.61. The summed E-state index contributed by atoms with van der Waals surface area (Å²) in [6.45, 7) is 1.14. The summed E-state index contributed by atoms with van der Waals surface area (Å²) in [6.07, 6.45) is 4.93. The summed E-state index contributed by atoms with van der Waals surface area (Å²) < 4.78 is 11.1. The zero-order valence-corrected chi connectivity index (χ0v) is 11.5. The highest BCUT2D eigenvalue weighted by Crippen LogP contribution is 2.41. The molecule has 0 aliphatic carbocycles. The van der Waals surface area contributed by atoms with E-state index in [1.54, 1.807) is 18.9 Å². The summed E-state index contributed by atoms with van der Waals surface area (Å²) in [5.41, 5.74) is 1.26. The number of nitrogens with one attached hydrogen (secondary N) is 1. The van der Waals surface area contributed by atoms with Crippen molar-refractivity contribution in [1.29, 1.82) is 0 Å². The Morgan fingerprint density at radius 3 is 3.17 bits per heavy atom. The molecule has 0 bridgehead atoms. The summed E-state index contributed by atoms with van der Waals surface area (Å²) in [4.78, 5) is 1.20. The average Bonchev–Trinajstić information content (AvgIpc) is 2.86. The fourth-order valence-electron chi connectivity index (χ4n) is 2.68. The number of hydrogen-bond acceptors (Lipinski definition) is 4. The summed E-state index contributed by atoms with van der Waals surface area (Å²) in [5.74, 6) is 2.75. The zero-order valence-electron chi connectivity index (χ0n) is 10.7. The SMILES string of the molecule is COc1cc2c(cc1CC1CCCCN1)OCS2. The molecule has 18 heavy (non-hydrogen) atoms. The Morgan fingerprint density at radius 2 is 2.39 bits per heavy atom. The Bertz CT molecular complexity index is 430. The first-order valence-corrected chi connectivity index (χ1v) is 7.55. The van der Waals surface area contributed by atoms with Crippen molar-refractivity contribution in [2.45, 2.75) is 36.6 Å². The Labute approximate surface area is 112 Å². The molecular formula is C14H19NO2S. The van der Waals surface area contributed by atoms with Crippen LogP contribution in [0.5, 0.6) is 11.5 Å². The number of ether oxygens (including phenoxy) is 2. The molecule has 1 unspecified atom stereocenters. The fourth-order valence-corrected chi connectivity index (χ4v) is 3.44. The van der Waals surface area contributed by atoms with Crippen LogP contribution >= 0.6 is 11.8 Å². The van der Waals surface area contributed by atoms with Gasteiger partial charge in [-0.1, -0.05) is 18.2 Å². The molecule has 1 fully saturated rings. The van der Waals surface area contributed by atoms with Gasteiger partial charge in [-0.25, -0.2) is 0 Å². The normalized spacial score (nSPS) is 22.4. The maximum Gasteiger partial charge on any atom is 0.138 e. The summed E-state index contributed by atoms with van der Waals surface area (Å²) >= 11 is 1.73. The van der Waals surface area contributed by atoms with Crippen LogP contribution in [0, 0.1) is 0 Å². The van der Waals surface area contributed by atoms with Crippen molar-refractivity contribution in [3.05, 3.63) is 17.7 Å². The van der Waals surface area contributed by atoms with Crippen LogP contribution in [0.3, 0.4) is 0 Å². The molecular weight excluding hydrogens is 246 g/mol. The molecule has 0 radical (unpaired) electrons. The monoisotopic (exact) mass is 265 g/mol. The second-order valence-electron chi connectivity index (χ2n) is 4.87. The first-order chi connectivity index (χ1) is 8.86. The van der Waals surface area contributed by atoms with E-state index in [0.717, 1.165) is 30.4 Å². The van der Waals surface area contributed by atoms with Crippen molar-refractivity contribution >= 4 is 11.8 Å². The largest absolute Gasteiger partial charge is 0.496 e. The van der Waals surface area contributed by atoms with Crippen molar-refractivity contribution in [1.82, 2.24) is 5.32 Å². The zero-order chi connectivity index (χ0) is 12.4. The molecule has 3 rings (SSSR count). The first-order valence-electron chi connectivity index (χ1n) is 6.56. The van der Waals surface area contributed by atoms with E-state index >= 15 is 0 Å². The Morgan fingerprint density at radius 1 is 1.44 bits per heavy atom. The van der Waals surface area contributed by atoms with Gasteiger partial charge in [0.25, 0.3) is 0 Å². The average molecular weight is 265 g/mol. The molecule has 4 heteroatoms. The minimum Gasteiger partial charge on any atom is -0.496 e. The first kappa shape index (κ1) is 12.2. The Kier molecular flexibility index (Phi) is 3.66. The lowest BCUT2D eigenvalue weighted by molar-refractivity contribution is 0.373. The molecule has 2 aliphatic heterocycles. The van der Waals surface area contributed by atoms with Crippen LogP contribution in [0.4, 0.5) is 0 Å². The van der Waals surface area contributed by atoms with Crippen LogP contribution in [0.15, 0.2) is 17.0 Å². The topological polar surface area (TPSA) is 30.5 Å². The Balaban J connectivity index is 1.81. The van der Waals surface area contributed by atoms with Crippen LogP contribution in [-0.4, -0.2) is 25.6 Å². The molecule has 0 amide bonds. The number of methoxy groups -OCH3 is 1.